The largest absolute Gasteiger partial charge is 0.282 e. The SMILES string of the molecule is O=C1NN(c2ccc(Cl)cc2)C(=O)/C1=C\c1cccc(I)c1. The molecular formula is C16H10ClIN2O2. The molecule has 1 aliphatic heterocycles. The zero-order valence-electron chi connectivity index (χ0n) is 11.2. The van der Waals surface area contributed by atoms with Crippen molar-refractivity contribution in [3.8, 4) is 0 Å². The van der Waals surface area contributed by atoms with Gasteiger partial charge in [0.1, 0.15) is 5.57 Å². The Labute approximate surface area is 145 Å². The van der Waals surface area contributed by atoms with Crippen LogP contribution in [-0.4, -0.2) is 11.8 Å². The van der Waals surface area contributed by atoms with Crippen molar-refractivity contribution in [2.24, 2.45) is 0 Å². The van der Waals surface area contributed by atoms with Gasteiger partial charge < -0.3 is 0 Å². The van der Waals surface area contributed by atoms with Crippen LogP contribution in [-0.2, 0) is 9.59 Å². The summed E-state index contributed by atoms with van der Waals surface area (Å²) >= 11 is 8.01. The van der Waals surface area contributed by atoms with Gasteiger partial charge >= 0.3 is 0 Å². The Morgan fingerprint density at radius 2 is 1.82 bits per heavy atom. The second-order valence-corrected chi connectivity index (χ2v) is 6.35. The molecule has 0 aliphatic carbocycles. The second kappa shape index (κ2) is 6.10. The maximum absolute atomic E-state index is 12.4. The lowest BCUT2D eigenvalue weighted by Gasteiger charge is -2.14. The molecule has 1 fully saturated rings. The summed E-state index contributed by atoms with van der Waals surface area (Å²) in [6.07, 6.45) is 1.59. The van der Waals surface area contributed by atoms with E-state index in [0.29, 0.717) is 10.7 Å². The summed E-state index contributed by atoms with van der Waals surface area (Å²) in [5.74, 6) is -0.801. The number of carbonyl (C=O) groups excluding carboxylic acids is 2. The van der Waals surface area contributed by atoms with Crippen LogP contribution < -0.4 is 10.4 Å². The van der Waals surface area contributed by atoms with Gasteiger partial charge in [-0.25, -0.2) is 5.01 Å². The van der Waals surface area contributed by atoms with Gasteiger partial charge in [0.15, 0.2) is 0 Å². The van der Waals surface area contributed by atoms with E-state index < -0.39 is 5.91 Å². The van der Waals surface area contributed by atoms with Gasteiger partial charge in [-0.05, 0) is 70.6 Å². The van der Waals surface area contributed by atoms with Gasteiger partial charge in [0, 0.05) is 8.59 Å². The molecule has 2 amide bonds. The second-order valence-electron chi connectivity index (χ2n) is 4.67. The molecule has 0 spiro atoms. The number of nitrogens with one attached hydrogen (secondary N) is 1. The number of carbonyl (C=O) groups is 2. The standard InChI is InChI=1S/C16H10ClIN2O2/c17-11-4-6-13(7-5-11)20-16(22)14(15(21)19-20)9-10-2-1-3-12(18)8-10/h1-9H,(H,19,21)/b14-9-. The van der Waals surface area contributed by atoms with E-state index in [1.807, 2.05) is 24.3 Å². The maximum Gasteiger partial charge on any atom is 0.282 e. The van der Waals surface area contributed by atoms with Crippen LogP contribution in [0.1, 0.15) is 5.56 Å². The molecule has 0 saturated carbocycles. The molecule has 6 heteroatoms. The average molecular weight is 425 g/mol. The topological polar surface area (TPSA) is 49.4 Å². The Bertz CT molecular complexity index is 787. The van der Waals surface area contributed by atoms with E-state index in [2.05, 4.69) is 28.0 Å². The Hall–Kier alpha value is -1.86. The minimum Gasteiger partial charge on any atom is -0.267 e. The van der Waals surface area contributed by atoms with Crippen LogP contribution in [0.5, 0.6) is 0 Å². The van der Waals surface area contributed by atoms with Crippen molar-refractivity contribution in [1.82, 2.24) is 5.43 Å². The number of amides is 2. The lowest BCUT2D eigenvalue weighted by molar-refractivity contribution is -0.117. The fourth-order valence-electron chi connectivity index (χ4n) is 2.09. The molecule has 4 nitrogen and oxygen atoms in total. The van der Waals surface area contributed by atoms with Gasteiger partial charge in [-0.1, -0.05) is 23.7 Å². The first-order chi connectivity index (χ1) is 10.5. The van der Waals surface area contributed by atoms with E-state index >= 15 is 0 Å². The third-order valence-corrected chi connectivity index (χ3v) is 4.06. The molecule has 1 heterocycles. The molecule has 1 saturated heterocycles. The number of benzene rings is 2. The van der Waals surface area contributed by atoms with Crippen LogP contribution in [0.3, 0.4) is 0 Å². The van der Waals surface area contributed by atoms with E-state index in [0.717, 1.165) is 9.13 Å². The lowest BCUT2D eigenvalue weighted by Crippen LogP contribution is -2.35. The summed E-state index contributed by atoms with van der Waals surface area (Å²) in [6.45, 7) is 0. The first-order valence-electron chi connectivity index (χ1n) is 6.43. The highest BCUT2D eigenvalue weighted by atomic mass is 127. The summed E-state index contributed by atoms with van der Waals surface area (Å²) in [4.78, 5) is 24.5. The molecule has 22 heavy (non-hydrogen) atoms. The Balaban J connectivity index is 1.93. The minimum atomic E-state index is -0.418. The third-order valence-electron chi connectivity index (χ3n) is 3.14. The van der Waals surface area contributed by atoms with Crippen molar-refractivity contribution in [1.29, 1.82) is 0 Å². The Morgan fingerprint density at radius 3 is 2.50 bits per heavy atom. The van der Waals surface area contributed by atoms with Gasteiger partial charge in [-0.3, -0.25) is 15.0 Å². The van der Waals surface area contributed by atoms with Gasteiger partial charge in [0.2, 0.25) is 0 Å². The highest BCUT2D eigenvalue weighted by Gasteiger charge is 2.34. The van der Waals surface area contributed by atoms with Crippen LogP contribution >= 0.6 is 34.2 Å². The van der Waals surface area contributed by atoms with Crippen molar-refractivity contribution >= 4 is 57.8 Å². The summed E-state index contributed by atoms with van der Waals surface area (Å²) < 4.78 is 1.03. The average Bonchev–Trinajstić information content (AvgIpc) is 2.76. The molecule has 0 unspecified atom stereocenters. The molecule has 0 aromatic heterocycles. The third kappa shape index (κ3) is 3.00. The molecule has 0 bridgehead atoms. The van der Waals surface area contributed by atoms with Gasteiger partial charge in [0.05, 0.1) is 5.69 Å². The van der Waals surface area contributed by atoms with Crippen LogP contribution in [0.2, 0.25) is 5.02 Å². The normalized spacial score (nSPS) is 16.3. The predicted molar refractivity (Wildman–Crippen MR) is 94.2 cm³/mol. The van der Waals surface area contributed by atoms with E-state index in [9.17, 15) is 9.59 Å². The van der Waals surface area contributed by atoms with Crippen molar-refractivity contribution in [3.63, 3.8) is 0 Å². The van der Waals surface area contributed by atoms with Crippen LogP contribution in [0, 0.1) is 3.57 Å². The van der Waals surface area contributed by atoms with E-state index in [1.165, 1.54) is 5.01 Å². The summed E-state index contributed by atoms with van der Waals surface area (Å²) in [5.41, 5.74) is 4.04. The zero-order chi connectivity index (χ0) is 15.7. The Kier molecular flexibility index (Phi) is 4.17. The van der Waals surface area contributed by atoms with Crippen LogP contribution in [0.4, 0.5) is 5.69 Å². The van der Waals surface area contributed by atoms with Crippen molar-refractivity contribution in [3.05, 3.63) is 68.3 Å². The van der Waals surface area contributed by atoms with Gasteiger partial charge in [-0.2, -0.15) is 0 Å². The summed E-state index contributed by atoms with van der Waals surface area (Å²) in [5, 5.41) is 1.79. The summed E-state index contributed by atoms with van der Waals surface area (Å²) in [7, 11) is 0. The minimum absolute atomic E-state index is 0.108. The first-order valence-corrected chi connectivity index (χ1v) is 7.88. The molecule has 0 radical (unpaired) electrons. The van der Waals surface area contributed by atoms with E-state index in [4.69, 9.17) is 11.6 Å². The van der Waals surface area contributed by atoms with Crippen molar-refractivity contribution in [2.75, 3.05) is 5.01 Å². The van der Waals surface area contributed by atoms with E-state index in [-0.39, 0.29) is 11.5 Å². The number of hydrogen-bond donors (Lipinski definition) is 1. The number of anilines is 1. The first kappa shape index (κ1) is 15.1. The van der Waals surface area contributed by atoms with Gasteiger partial charge in [-0.15, -0.1) is 0 Å². The molecule has 2 aromatic carbocycles. The van der Waals surface area contributed by atoms with E-state index in [1.54, 1.807) is 30.3 Å². The Morgan fingerprint density at radius 1 is 1.09 bits per heavy atom. The van der Waals surface area contributed by atoms with Gasteiger partial charge in [0.25, 0.3) is 11.8 Å². The monoisotopic (exact) mass is 424 g/mol. The number of rotatable bonds is 2. The molecule has 3 rings (SSSR count). The number of hydrogen-bond acceptors (Lipinski definition) is 2. The number of hydrazine groups is 1. The quantitative estimate of drug-likeness (QED) is 0.456. The molecule has 110 valence electrons. The number of halogens is 2. The molecule has 1 N–H and O–H groups in total. The van der Waals surface area contributed by atoms with Crippen LogP contribution in [0.15, 0.2) is 54.1 Å². The molecule has 2 aromatic rings. The zero-order valence-corrected chi connectivity index (χ0v) is 14.1. The molecule has 0 atom stereocenters. The predicted octanol–water partition coefficient (Wildman–Crippen LogP) is 3.41. The van der Waals surface area contributed by atoms with Crippen molar-refractivity contribution < 1.29 is 9.59 Å². The smallest absolute Gasteiger partial charge is 0.267 e. The molecular weight excluding hydrogens is 415 g/mol. The highest BCUT2D eigenvalue weighted by molar-refractivity contribution is 14.1. The van der Waals surface area contributed by atoms with Crippen LogP contribution in [0.25, 0.3) is 6.08 Å². The fourth-order valence-corrected chi connectivity index (χ4v) is 2.79. The fraction of sp³-hybridized carbons (Fsp3) is 0. The summed E-state index contributed by atoms with van der Waals surface area (Å²) in [6, 6.07) is 14.3. The molecule has 1 aliphatic rings. The maximum atomic E-state index is 12.4. The number of nitrogens with zero attached hydrogens (tertiary/aromatic N) is 1. The van der Waals surface area contributed by atoms with Crippen molar-refractivity contribution in [2.45, 2.75) is 0 Å². The highest BCUT2D eigenvalue weighted by Crippen LogP contribution is 2.23. The lowest BCUT2D eigenvalue weighted by atomic mass is 10.1.